The summed E-state index contributed by atoms with van der Waals surface area (Å²) >= 11 is 43.5. The fourth-order valence-corrected chi connectivity index (χ4v) is 25.4. The molecule has 6 aliphatic heterocycles. The highest BCUT2D eigenvalue weighted by Gasteiger charge is 2.36. The number of likely N-dealkylation sites (tertiary alicyclic amines) is 3. The van der Waals surface area contributed by atoms with Crippen molar-refractivity contribution in [3.8, 4) is 0 Å². The second-order valence-electron chi connectivity index (χ2n) is 39.0. The average molecular weight is 2620 g/mol. The largest absolute Gasteiger partial charge is 0.444 e. The van der Waals surface area contributed by atoms with Gasteiger partial charge in [0, 0.05) is 207 Å². The molecule has 6 saturated heterocycles. The quantitative estimate of drug-likeness (QED) is 0.134. The number of benzene rings is 12. The SMILES string of the molecule is Brc1ccc2c3ccc(Br)cc3n(C3CCOCC3)c2c1.Brc1ccc2c3ccc(Br)cc3n(CCN3CCOCC3)c2c1.CC(C)(C)OC(=O)N1CCC(n2c3cc(Br)ccc3c3ccc(Br)cc32)CC1.CC1(Cn2c3cc(Br)ccc3c3ccc(Br)cc32)COC1.CN1CCC(Cn2c3cc(Br)ccc3c3ccc(Br)cc32)CC1.CN1CCC(n2c3cc(Br)ccc3c3ccc(Br)cc32)CC1. The predicted molar refractivity (Wildman–Crippen MR) is 616 cm³/mol. The van der Waals surface area contributed by atoms with E-state index in [1.165, 1.54) is 183 Å². The number of rotatable bonds is 10. The number of ether oxygens (including phenoxy) is 4. The van der Waals surface area contributed by atoms with Crippen LogP contribution in [0.15, 0.2) is 272 Å². The van der Waals surface area contributed by atoms with E-state index in [-0.39, 0.29) is 11.5 Å². The molecule has 6 fully saturated rings. The first kappa shape index (κ1) is 101. The van der Waals surface area contributed by atoms with Gasteiger partial charge in [-0.2, -0.15) is 0 Å². The molecule has 6 aliphatic rings. The van der Waals surface area contributed by atoms with Crippen LogP contribution in [-0.2, 0) is 38.6 Å². The monoisotopic (exact) mass is 2610 g/mol. The molecular formula is C111H110Br12N10O5. The molecule has 1 amide bonds. The fraction of sp³-hybridized carbons (Fsp3) is 0.342. The minimum absolute atomic E-state index is 0.210. The van der Waals surface area contributed by atoms with Crippen molar-refractivity contribution < 1.29 is 23.7 Å². The Hall–Kier alpha value is -5.77. The molecule has 27 heteroatoms. The van der Waals surface area contributed by atoms with Gasteiger partial charge in [-0.1, -0.05) is 271 Å². The number of carbonyl (C=O) groups is 1. The van der Waals surface area contributed by atoms with Crippen LogP contribution in [0.1, 0.15) is 97.2 Å². The van der Waals surface area contributed by atoms with Crippen LogP contribution in [0, 0.1) is 11.3 Å². The number of morpholine rings is 1. The highest BCUT2D eigenvalue weighted by atomic mass is 79.9. The van der Waals surface area contributed by atoms with Gasteiger partial charge in [0.25, 0.3) is 0 Å². The Morgan fingerprint density at radius 1 is 0.312 bits per heavy atom. The van der Waals surface area contributed by atoms with Gasteiger partial charge in [-0.3, -0.25) is 4.90 Å². The van der Waals surface area contributed by atoms with E-state index >= 15 is 0 Å². The molecule has 0 aliphatic carbocycles. The lowest BCUT2D eigenvalue weighted by atomic mass is 9.88. The molecule has 0 atom stereocenters. The van der Waals surface area contributed by atoms with Crippen LogP contribution in [0.5, 0.6) is 0 Å². The van der Waals surface area contributed by atoms with Crippen LogP contribution in [0.2, 0.25) is 0 Å². The minimum Gasteiger partial charge on any atom is -0.444 e. The van der Waals surface area contributed by atoms with Gasteiger partial charge in [0.1, 0.15) is 5.60 Å². The average Bonchev–Trinajstić information content (AvgIpc) is 1.60. The lowest BCUT2D eigenvalue weighted by Gasteiger charge is -2.38. The molecule has 0 saturated carbocycles. The zero-order chi connectivity index (χ0) is 96.1. The first-order valence-corrected chi connectivity index (χ1v) is 57.1. The van der Waals surface area contributed by atoms with Crippen molar-refractivity contribution in [1.29, 1.82) is 0 Å². The molecule has 718 valence electrons. The number of fused-ring (bicyclic) bond motifs is 18. The van der Waals surface area contributed by atoms with E-state index in [2.05, 4.69) is 473 Å². The Balaban J connectivity index is 0.000000106. The third-order valence-electron chi connectivity index (χ3n) is 28.1. The summed E-state index contributed by atoms with van der Waals surface area (Å²) < 4.78 is 50.4. The van der Waals surface area contributed by atoms with Crippen LogP contribution in [0.25, 0.3) is 131 Å². The standard InChI is InChI=1S/C22H24Br2N2O2.C19H20Br2N2.C18H18Br2N2O.C18H18Br2N2.2C17H15Br2NO/c1-22(2,3)28-21(27)25-10-8-16(9-11-25)26-19-12-14(23)4-6-17(19)18-7-5-15(24)13-20(18)26;1-22-8-6-13(7-9-22)12-23-18-10-14(20)2-4-16(18)17-5-3-15(21)11-19(17)23;19-13-1-3-15-16-4-2-14(20)12-18(16)22(17(15)11-13)6-5-21-7-9-23-10-8-21;1-21-8-6-14(7-9-21)22-17-10-12(19)2-4-15(17)16-5-3-13(20)11-18(16)22;1-17(9-21-10-17)8-20-15-6-11(18)2-4-13(15)14-5-3-12(19)7-16(14)20;18-11-1-3-14-15-4-2-12(19)10-17(15)20(16(14)9-11)13-5-7-21-8-6-13/h4-7,12-13,16H,8-11H2,1-3H3;2-5,10-11,13H,6-9,12H2,1H3;1-4,11-12H,5-10H2;2-5,10-11,14H,6-9H2,1H3;2-7H,8-10H2,1H3;1-4,9-10,13H,5-8H2. The van der Waals surface area contributed by atoms with Gasteiger partial charge in [-0.15, -0.1) is 0 Å². The van der Waals surface area contributed by atoms with E-state index in [0.717, 1.165) is 164 Å². The molecule has 15 nitrogen and oxygen atoms in total. The molecule has 0 unspecified atom stereocenters. The summed E-state index contributed by atoms with van der Waals surface area (Å²) in [5.41, 5.74) is 15.4. The van der Waals surface area contributed by atoms with Crippen molar-refractivity contribution in [2.75, 3.05) is 113 Å². The summed E-state index contributed by atoms with van der Waals surface area (Å²) in [6.07, 6.45) is 8.80. The first-order valence-electron chi connectivity index (χ1n) is 47.6. The minimum atomic E-state index is -0.459. The number of nitrogens with zero attached hydrogens (tertiary/aromatic N) is 10. The van der Waals surface area contributed by atoms with Crippen LogP contribution in [0.3, 0.4) is 0 Å². The Labute approximate surface area is 907 Å². The molecular weight excluding hydrogens is 2510 g/mol. The second kappa shape index (κ2) is 43.9. The van der Waals surface area contributed by atoms with Gasteiger partial charge in [-0.05, 0) is 264 Å². The molecule has 0 spiro atoms. The van der Waals surface area contributed by atoms with Crippen LogP contribution >= 0.6 is 191 Å². The zero-order valence-corrected chi connectivity index (χ0v) is 97.1. The van der Waals surface area contributed by atoms with Crippen molar-refractivity contribution in [3.05, 3.63) is 272 Å². The lowest BCUT2D eigenvalue weighted by Crippen LogP contribution is -2.43. The number of amides is 1. The van der Waals surface area contributed by atoms with Gasteiger partial charge in [0.2, 0.25) is 0 Å². The maximum absolute atomic E-state index is 12.4. The lowest BCUT2D eigenvalue weighted by molar-refractivity contribution is -0.109. The van der Waals surface area contributed by atoms with Crippen molar-refractivity contribution in [1.82, 2.24) is 47.0 Å². The van der Waals surface area contributed by atoms with Crippen LogP contribution in [0.4, 0.5) is 4.79 Å². The van der Waals surface area contributed by atoms with Crippen molar-refractivity contribution in [2.45, 2.75) is 122 Å². The van der Waals surface area contributed by atoms with Gasteiger partial charge in [0.05, 0.1) is 92.6 Å². The summed E-state index contributed by atoms with van der Waals surface area (Å²) in [7, 11) is 4.44. The number of halogens is 12. The van der Waals surface area contributed by atoms with E-state index in [4.69, 9.17) is 18.9 Å². The third-order valence-corrected chi connectivity index (χ3v) is 34.0. The van der Waals surface area contributed by atoms with E-state index in [0.29, 0.717) is 31.2 Å². The number of carbonyl (C=O) groups excluding carboxylic acids is 1. The van der Waals surface area contributed by atoms with Gasteiger partial charge < -0.3 is 61.0 Å². The topological polar surface area (TPSA) is 96.5 Å². The Bertz CT molecular complexity index is 7210. The Kier molecular flexibility index (Phi) is 32.1. The normalized spacial score (nSPS) is 16.9. The molecule has 138 heavy (non-hydrogen) atoms. The smallest absolute Gasteiger partial charge is 0.410 e. The van der Waals surface area contributed by atoms with E-state index < -0.39 is 5.60 Å². The summed E-state index contributed by atoms with van der Waals surface area (Å²) in [5, 5.41) is 15.8. The molecule has 0 bridgehead atoms. The molecule has 0 N–H and O–H groups in total. The number of aromatic nitrogens is 6. The Morgan fingerprint density at radius 2 is 0.565 bits per heavy atom. The summed E-state index contributed by atoms with van der Waals surface area (Å²) in [6.45, 7) is 25.5. The highest BCUT2D eigenvalue weighted by Crippen LogP contribution is 2.46. The third kappa shape index (κ3) is 22.5. The fourth-order valence-electron chi connectivity index (χ4n) is 21.2. The van der Waals surface area contributed by atoms with Crippen molar-refractivity contribution in [2.24, 2.45) is 11.3 Å². The Morgan fingerprint density at radius 3 is 0.855 bits per heavy atom. The van der Waals surface area contributed by atoms with Gasteiger partial charge in [0.15, 0.2) is 0 Å². The molecule has 12 heterocycles. The highest BCUT2D eigenvalue weighted by molar-refractivity contribution is 9.12. The first-order chi connectivity index (χ1) is 66.5. The molecule has 18 aromatic rings. The van der Waals surface area contributed by atoms with Crippen molar-refractivity contribution in [3.63, 3.8) is 0 Å². The molecule has 24 rings (SSSR count). The number of hydrogen-bond acceptors (Lipinski definition) is 8. The maximum atomic E-state index is 12.4. The second-order valence-corrected chi connectivity index (χ2v) is 50.0. The van der Waals surface area contributed by atoms with Crippen molar-refractivity contribution >= 4 is 328 Å². The predicted octanol–water partition coefficient (Wildman–Crippen LogP) is 33.8. The maximum Gasteiger partial charge on any atom is 0.410 e. The summed E-state index contributed by atoms with van der Waals surface area (Å²) in [6, 6.07) is 80.3. The molecule has 6 aromatic heterocycles. The number of piperidine rings is 3. The zero-order valence-electron chi connectivity index (χ0n) is 78.0. The summed E-state index contributed by atoms with van der Waals surface area (Å²) in [4.78, 5) is 21.6. The van der Waals surface area contributed by atoms with E-state index in [1.807, 2.05) is 25.7 Å². The van der Waals surface area contributed by atoms with Gasteiger partial charge in [-0.25, -0.2) is 4.79 Å². The van der Waals surface area contributed by atoms with E-state index in [9.17, 15) is 4.79 Å². The molecule has 0 radical (unpaired) electrons. The number of hydrogen-bond donors (Lipinski definition) is 0. The molecule has 12 aromatic carbocycles. The van der Waals surface area contributed by atoms with E-state index in [1.54, 1.807) is 0 Å². The van der Waals surface area contributed by atoms with Crippen LogP contribution < -0.4 is 0 Å². The van der Waals surface area contributed by atoms with Gasteiger partial charge >= 0.3 is 6.09 Å². The summed E-state index contributed by atoms with van der Waals surface area (Å²) in [5.74, 6) is 0.767. The van der Waals surface area contributed by atoms with Crippen LogP contribution in [-0.4, -0.2) is 171 Å².